The molecule has 1 aliphatic carbocycles. The first kappa shape index (κ1) is 33.1. The van der Waals surface area contributed by atoms with Crippen LogP contribution in [-0.4, -0.2) is 81.9 Å². The van der Waals surface area contributed by atoms with Crippen LogP contribution in [0.3, 0.4) is 0 Å². The molecule has 46 heavy (non-hydrogen) atoms. The molecule has 2 fully saturated rings. The van der Waals surface area contributed by atoms with Crippen molar-refractivity contribution < 1.29 is 32.5 Å². The number of nitrogens with one attached hydrogen (secondary N) is 2. The molecule has 1 amide bonds. The molecule has 12 nitrogen and oxygen atoms in total. The van der Waals surface area contributed by atoms with E-state index < -0.39 is 53.2 Å². The van der Waals surface area contributed by atoms with Gasteiger partial charge in [0.2, 0.25) is 11.9 Å². The summed E-state index contributed by atoms with van der Waals surface area (Å²) in [6.45, 7) is 3.56. The summed E-state index contributed by atoms with van der Waals surface area (Å²) in [5.41, 5.74) is -1.46. The third-order valence-corrected chi connectivity index (χ3v) is 8.09. The molecule has 2 unspecified atom stereocenters. The molecule has 248 valence electrons. The number of piperidine rings is 1. The molecule has 15 heteroatoms. The highest BCUT2D eigenvalue weighted by Crippen LogP contribution is 2.39. The highest BCUT2D eigenvalue weighted by Gasteiger charge is 2.39. The van der Waals surface area contributed by atoms with Gasteiger partial charge in [-0.1, -0.05) is 12.1 Å². The number of alkyl halides is 3. The Hall–Kier alpha value is -4.24. The summed E-state index contributed by atoms with van der Waals surface area (Å²) in [7, 11) is 1.49. The van der Waals surface area contributed by atoms with Crippen molar-refractivity contribution in [1.29, 1.82) is 0 Å². The molecule has 3 N–H and O–H groups in total. The first-order valence-corrected chi connectivity index (χ1v) is 15.2. The van der Waals surface area contributed by atoms with Crippen LogP contribution >= 0.6 is 0 Å². The van der Waals surface area contributed by atoms with Crippen molar-refractivity contribution >= 4 is 17.5 Å². The number of halogens is 3. The second kappa shape index (κ2) is 14.0. The number of carbonyl (C=O) groups excluding carboxylic acids is 1. The zero-order valence-electron chi connectivity index (χ0n) is 25.8. The monoisotopic (exact) mass is 645 g/mol. The van der Waals surface area contributed by atoms with E-state index in [2.05, 4.69) is 25.7 Å². The number of carbonyl (C=O) groups is 1. The lowest BCUT2D eigenvalue weighted by Gasteiger charge is -2.36. The fourth-order valence-corrected chi connectivity index (χ4v) is 5.26. The van der Waals surface area contributed by atoms with Gasteiger partial charge in [-0.2, -0.15) is 18.3 Å². The normalized spacial score (nSPS) is 19.8. The first-order chi connectivity index (χ1) is 21.9. The zero-order valence-corrected chi connectivity index (χ0v) is 25.8. The predicted molar refractivity (Wildman–Crippen MR) is 163 cm³/mol. The summed E-state index contributed by atoms with van der Waals surface area (Å²) in [6, 6.07) is 5.32. The number of anilines is 2. The lowest BCUT2D eigenvalue weighted by molar-refractivity contribution is -0.138. The van der Waals surface area contributed by atoms with Gasteiger partial charge in [0.25, 0.3) is 5.56 Å². The molecule has 4 atom stereocenters. The standard InChI is InChI=1S/C31H38F3N7O5/c1-18(38-25-14-37-41(29(44)27(25)31(32,33)34)15-20-4-8-23(45-3)9-5-20)17-46-19(2)28(43)39-24-10-11-40(16-26(24)42)30-35-12-22(13-36-30)21-6-7-21/h4-5,8-9,12-14,18-19,21,24,26,38,42H,6-7,10-11,15-17H2,1-3H3,(H,39,43)/t18?,19?,24-,26-/m1/s1. The zero-order chi connectivity index (χ0) is 33.0. The second-order valence-corrected chi connectivity index (χ2v) is 11.8. The fraction of sp³-hybridized carbons (Fsp3) is 0.516. The quantitative estimate of drug-likeness (QED) is 0.269. The molecule has 1 saturated carbocycles. The summed E-state index contributed by atoms with van der Waals surface area (Å²) >= 11 is 0. The van der Waals surface area contributed by atoms with E-state index in [0.717, 1.165) is 29.3 Å². The summed E-state index contributed by atoms with van der Waals surface area (Å²) in [5, 5.41) is 20.1. The summed E-state index contributed by atoms with van der Waals surface area (Å²) in [5.74, 6) is 1.19. The minimum Gasteiger partial charge on any atom is -0.497 e. The van der Waals surface area contributed by atoms with Gasteiger partial charge in [0.1, 0.15) is 17.4 Å². The maximum Gasteiger partial charge on any atom is 0.423 e. The lowest BCUT2D eigenvalue weighted by Crippen LogP contribution is -2.56. The minimum atomic E-state index is -4.94. The minimum absolute atomic E-state index is 0.143. The van der Waals surface area contributed by atoms with Crippen molar-refractivity contribution in [3.63, 3.8) is 0 Å². The van der Waals surface area contributed by atoms with E-state index in [1.807, 2.05) is 17.3 Å². The third-order valence-electron chi connectivity index (χ3n) is 8.09. The summed E-state index contributed by atoms with van der Waals surface area (Å²) in [4.78, 5) is 36.4. The van der Waals surface area contributed by atoms with Crippen molar-refractivity contribution in [3.8, 4) is 5.75 Å². The van der Waals surface area contributed by atoms with Crippen LogP contribution in [0.25, 0.3) is 0 Å². The second-order valence-electron chi connectivity index (χ2n) is 11.8. The molecule has 2 aromatic heterocycles. The molecule has 0 bridgehead atoms. The van der Waals surface area contributed by atoms with Crippen molar-refractivity contribution in [2.75, 3.05) is 37.0 Å². The van der Waals surface area contributed by atoms with Crippen LogP contribution in [0.5, 0.6) is 5.75 Å². The van der Waals surface area contributed by atoms with Gasteiger partial charge in [0.15, 0.2) is 0 Å². The Labute approximate surface area is 263 Å². The molecule has 0 spiro atoms. The Morgan fingerprint density at radius 3 is 2.41 bits per heavy atom. The van der Waals surface area contributed by atoms with E-state index in [1.54, 1.807) is 31.2 Å². The summed E-state index contributed by atoms with van der Waals surface area (Å²) in [6.07, 6.45) is 0.623. The molecule has 2 aliphatic rings. The number of nitrogens with zero attached hydrogens (tertiary/aromatic N) is 5. The average molecular weight is 646 g/mol. The number of aliphatic hydroxyl groups is 1. The Balaban J connectivity index is 1.12. The molecule has 0 radical (unpaired) electrons. The van der Waals surface area contributed by atoms with Crippen LogP contribution in [-0.2, 0) is 22.3 Å². The SMILES string of the molecule is COc1ccc(Cn2ncc(NC(C)COC(C)C(=O)N[C@@H]3CCN(c4ncc(C5CC5)cn4)C[C@H]3O)c(C(F)(F)F)c2=O)cc1. The van der Waals surface area contributed by atoms with Crippen LogP contribution < -0.4 is 25.8 Å². The molecule has 1 saturated heterocycles. The number of benzene rings is 1. The molecule has 3 heterocycles. The number of β-amino-alcohol motifs (C(OH)–C–C–N with tert-alkyl or cyclic N) is 1. The van der Waals surface area contributed by atoms with Gasteiger partial charge >= 0.3 is 6.18 Å². The Morgan fingerprint density at radius 1 is 1.11 bits per heavy atom. The van der Waals surface area contributed by atoms with E-state index in [-0.39, 0.29) is 19.7 Å². The van der Waals surface area contributed by atoms with Crippen molar-refractivity contribution in [2.45, 2.75) is 76.0 Å². The van der Waals surface area contributed by atoms with E-state index in [9.17, 15) is 27.9 Å². The summed E-state index contributed by atoms with van der Waals surface area (Å²) < 4.78 is 53.5. The van der Waals surface area contributed by atoms with Crippen LogP contribution in [0, 0.1) is 0 Å². The van der Waals surface area contributed by atoms with Crippen LogP contribution in [0.2, 0.25) is 0 Å². The van der Waals surface area contributed by atoms with Crippen molar-refractivity contribution in [3.05, 3.63) is 69.9 Å². The molecule has 5 rings (SSSR count). The smallest absolute Gasteiger partial charge is 0.423 e. The maximum atomic E-state index is 14.0. The fourth-order valence-electron chi connectivity index (χ4n) is 5.26. The highest BCUT2D eigenvalue weighted by molar-refractivity contribution is 5.80. The number of amides is 1. The number of ether oxygens (including phenoxy) is 2. The van der Waals surface area contributed by atoms with Gasteiger partial charge in [0, 0.05) is 31.5 Å². The number of aromatic nitrogens is 4. The van der Waals surface area contributed by atoms with Crippen LogP contribution in [0.15, 0.2) is 47.7 Å². The van der Waals surface area contributed by atoms with Crippen LogP contribution in [0.4, 0.5) is 24.8 Å². The number of aliphatic hydroxyl groups excluding tert-OH is 1. The predicted octanol–water partition coefficient (Wildman–Crippen LogP) is 2.95. The van der Waals surface area contributed by atoms with E-state index in [4.69, 9.17) is 9.47 Å². The third kappa shape index (κ3) is 8.12. The molecule has 1 aromatic carbocycles. The van der Waals surface area contributed by atoms with Gasteiger partial charge < -0.3 is 30.1 Å². The Morgan fingerprint density at radius 2 is 1.80 bits per heavy atom. The number of rotatable bonds is 12. The Bertz CT molecular complexity index is 1550. The van der Waals surface area contributed by atoms with Gasteiger partial charge in [-0.3, -0.25) is 9.59 Å². The van der Waals surface area contributed by atoms with Crippen LogP contribution in [0.1, 0.15) is 55.7 Å². The first-order valence-electron chi connectivity index (χ1n) is 15.2. The maximum absolute atomic E-state index is 14.0. The van der Waals surface area contributed by atoms with E-state index in [1.165, 1.54) is 14.0 Å². The highest BCUT2D eigenvalue weighted by atomic mass is 19.4. The average Bonchev–Trinajstić information content (AvgIpc) is 3.88. The lowest BCUT2D eigenvalue weighted by atomic mass is 10.0. The molecular weight excluding hydrogens is 607 g/mol. The van der Waals surface area contributed by atoms with E-state index >= 15 is 0 Å². The molecular formula is C31H38F3N7O5. The van der Waals surface area contributed by atoms with Crippen molar-refractivity contribution in [2.24, 2.45) is 0 Å². The van der Waals surface area contributed by atoms with Gasteiger partial charge in [-0.25, -0.2) is 14.6 Å². The number of methoxy groups -OCH3 is 1. The largest absolute Gasteiger partial charge is 0.497 e. The molecule has 1 aliphatic heterocycles. The molecule has 3 aromatic rings. The topological polar surface area (TPSA) is 144 Å². The number of hydrogen-bond acceptors (Lipinski definition) is 10. The number of hydrogen-bond donors (Lipinski definition) is 3. The van der Waals surface area contributed by atoms with Gasteiger partial charge in [-0.15, -0.1) is 0 Å². The van der Waals surface area contributed by atoms with Gasteiger partial charge in [0.05, 0.1) is 44.3 Å². The van der Waals surface area contributed by atoms with E-state index in [0.29, 0.717) is 36.1 Å². The van der Waals surface area contributed by atoms with Gasteiger partial charge in [-0.05, 0) is 62.3 Å². The Kier molecular flexibility index (Phi) is 10.1. The van der Waals surface area contributed by atoms with Crippen molar-refractivity contribution in [1.82, 2.24) is 25.1 Å².